The Morgan fingerprint density at radius 1 is 1.40 bits per heavy atom. The van der Waals surface area contributed by atoms with Gasteiger partial charge in [-0.2, -0.15) is 17.4 Å². The number of piperazine rings is 1. The van der Waals surface area contributed by atoms with Crippen LogP contribution in [0.1, 0.15) is 27.7 Å². The standard InChI is InChI=1S/C9H21N3O2S/c1-7(2)11-15(13,14)12-6-5-10-8(3)9(12)4/h7-11H,5-6H2,1-4H3. The van der Waals surface area contributed by atoms with Crippen molar-refractivity contribution in [1.82, 2.24) is 14.3 Å². The van der Waals surface area contributed by atoms with Gasteiger partial charge in [-0.05, 0) is 27.7 Å². The molecular formula is C9H21N3O2S. The summed E-state index contributed by atoms with van der Waals surface area (Å²) in [7, 11) is -3.32. The van der Waals surface area contributed by atoms with E-state index in [-0.39, 0.29) is 18.1 Å². The molecule has 1 rings (SSSR count). The number of hydrogen-bond donors (Lipinski definition) is 2. The second-order valence-electron chi connectivity index (χ2n) is 4.37. The fourth-order valence-electron chi connectivity index (χ4n) is 1.73. The summed E-state index contributed by atoms with van der Waals surface area (Å²) in [6.45, 7) is 8.83. The van der Waals surface area contributed by atoms with E-state index in [0.717, 1.165) is 0 Å². The van der Waals surface area contributed by atoms with Gasteiger partial charge < -0.3 is 5.32 Å². The first-order valence-electron chi connectivity index (χ1n) is 5.37. The third-order valence-corrected chi connectivity index (χ3v) is 4.57. The summed E-state index contributed by atoms with van der Waals surface area (Å²) >= 11 is 0. The Kier molecular flexibility index (Phi) is 4.11. The average Bonchev–Trinajstić information content (AvgIpc) is 2.07. The minimum absolute atomic E-state index is 0.00463. The van der Waals surface area contributed by atoms with Crippen molar-refractivity contribution < 1.29 is 8.42 Å². The Labute approximate surface area is 92.4 Å². The highest BCUT2D eigenvalue weighted by Crippen LogP contribution is 2.12. The van der Waals surface area contributed by atoms with E-state index in [2.05, 4.69) is 10.0 Å². The van der Waals surface area contributed by atoms with E-state index in [9.17, 15) is 8.42 Å². The fraction of sp³-hybridized carbons (Fsp3) is 1.00. The van der Waals surface area contributed by atoms with E-state index < -0.39 is 10.2 Å². The van der Waals surface area contributed by atoms with Gasteiger partial charge in [0.25, 0.3) is 10.2 Å². The molecule has 1 heterocycles. The largest absolute Gasteiger partial charge is 0.311 e. The summed E-state index contributed by atoms with van der Waals surface area (Å²) in [5.41, 5.74) is 0. The van der Waals surface area contributed by atoms with Crippen LogP contribution in [0, 0.1) is 0 Å². The minimum Gasteiger partial charge on any atom is -0.311 e. The van der Waals surface area contributed by atoms with E-state index in [1.807, 2.05) is 27.7 Å². The summed E-state index contributed by atoms with van der Waals surface area (Å²) in [5, 5.41) is 3.25. The van der Waals surface area contributed by atoms with E-state index >= 15 is 0 Å². The van der Waals surface area contributed by atoms with E-state index in [0.29, 0.717) is 13.1 Å². The van der Waals surface area contributed by atoms with Crippen LogP contribution < -0.4 is 10.0 Å². The zero-order valence-electron chi connectivity index (χ0n) is 9.82. The molecule has 0 saturated carbocycles. The molecule has 1 fully saturated rings. The molecule has 1 aliphatic rings. The Morgan fingerprint density at radius 3 is 2.53 bits per heavy atom. The molecular weight excluding hydrogens is 214 g/mol. The number of rotatable bonds is 3. The van der Waals surface area contributed by atoms with Gasteiger partial charge in [0.15, 0.2) is 0 Å². The lowest BCUT2D eigenvalue weighted by atomic mass is 10.1. The lowest BCUT2D eigenvalue weighted by Gasteiger charge is -2.37. The van der Waals surface area contributed by atoms with Gasteiger partial charge in [-0.25, -0.2) is 0 Å². The van der Waals surface area contributed by atoms with Crippen molar-refractivity contribution in [3.05, 3.63) is 0 Å². The van der Waals surface area contributed by atoms with Gasteiger partial charge in [-0.3, -0.25) is 0 Å². The second kappa shape index (κ2) is 4.78. The summed E-state index contributed by atoms with van der Waals surface area (Å²) < 4.78 is 28.0. The Balaban J connectivity index is 2.77. The maximum absolute atomic E-state index is 11.9. The first kappa shape index (κ1) is 12.9. The van der Waals surface area contributed by atoms with Crippen molar-refractivity contribution in [3.63, 3.8) is 0 Å². The van der Waals surface area contributed by atoms with Crippen LogP contribution in [0.3, 0.4) is 0 Å². The molecule has 2 N–H and O–H groups in total. The third-order valence-electron chi connectivity index (χ3n) is 2.67. The molecule has 0 aromatic heterocycles. The molecule has 0 aliphatic carbocycles. The zero-order chi connectivity index (χ0) is 11.6. The van der Waals surface area contributed by atoms with E-state index in [1.54, 1.807) is 0 Å². The molecule has 1 saturated heterocycles. The molecule has 90 valence electrons. The van der Waals surface area contributed by atoms with Gasteiger partial charge in [-0.1, -0.05) is 0 Å². The second-order valence-corrected chi connectivity index (χ2v) is 6.03. The number of nitrogens with one attached hydrogen (secondary N) is 2. The molecule has 5 nitrogen and oxygen atoms in total. The maximum atomic E-state index is 11.9. The fourth-order valence-corrected chi connectivity index (χ4v) is 3.41. The third kappa shape index (κ3) is 3.14. The molecule has 2 atom stereocenters. The molecule has 2 unspecified atom stereocenters. The normalized spacial score (nSPS) is 29.7. The molecule has 6 heteroatoms. The van der Waals surface area contributed by atoms with Crippen LogP contribution in [-0.2, 0) is 10.2 Å². The highest BCUT2D eigenvalue weighted by atomic mass is 32.2. The Morgan fingerprint density at radius 2 is 2.00 bits per heavy atom. The average molecular weight is 235 g/mol. The number of hydrogen-bond acceptors (Lipinski definition) is 3. The SMILES string of the molecule is CC(C)NS(=O)(=O)N1CCNC(C)C1C. The minimum atomic E-state index is -3.32. The van der Waals surface area contributed by atoms with Crippen LogP contribution in [-0.4, -0.2) is 43.9 Å². The summed E-state index contributed by atoms with van der Waals surface area (Å²) in [6, 6.07) is 0.130. The molecule has 15 heavy (non-hydrogen) atoms. The van der Waals surface area contributed by atoms with Crippen LogP contribution in [0.5, 0.6) is 0 Å². The summed E-state index contributed by atoms with van der Waals surface area (Å²) in [4.78, 5) is 0. The van der Waals surface area contributed by atoms with Crippen molar-refractivity contribution in [2.24, 2.45) is 0 Å². The van der Waals surface area contributed by atoms with E-state index in [1.165, 1.54) is 4.31 Å². The number of nitrogens with zero attached hydrogens (tertiary/aromatic N) is 1. The Bertz CT molecular complexity index is 302. The van der Waals surface area contributed by atoms with Gasteiger partial charge in [0.1, 0.15) is 0 Å². The molecule has 0 aromatic rings. The predicted molar refractivity (Wildman–Crippen MR) is 60.8 cm³/mol. The lowest BCUT2D eigenvalue weighted by molar-refractivity contribution is 0.229. The first-order valence-corrected chi connectivity index (χ1v) is 6.81. The molecule has 0 radical (unpaired) electrons. The van der Waals surface area contributed by atoms with Crippen LogP contribution in [0.15, 0.2) is 0 Å². The van der Waals surface area contributed by atoms with Gasteiger partial charge in [0.05, 0.1) is 0 Å². The van der Waals surface area contributed by atoms with Crippen LogP contribution in [0.4, 0.5) is 0 Å². The van der Waals surface area contributed by atoms with Gasteiger partial charge in [0, 0.05) is 31.2 Å². The van der Waals surface area contributed by atoms with Crippen molar-refractivity contribution in [2.45, 2.75) is 45.8 Å². The highest BCUT2D eigenvalue weighted by molar-refractivity contribution is 7.87. The summed E-state index contributed by atoms with van der Waals surface area (Å²) in [6.07, 6.45) is 0. The van der Waals surface area contributed by atoms with Crippen molar-refractivity contribution in [2.75, 3.05) is 13.1 Å². The van der Waals surface area contributed by atoms with Gasteiger partial charge >= 0.3 is 0 Å². The quantitative estimate of drug-likeness (QED) is 0.719. The van der Waals surface area contributed by atoms with Gasteiger partial charge in [0.2, 0.25) is 0 Å². The topological polar surface area (TPSA) is 61.4 Å². The summed E-state index contributed by atoms with van der Waals surface area (Å²) in [5.74, 6) is 0. The maximum Gasteiger partial charge on any atom is 0.280 e. The van der Waals surface area contributed by atoms with Crippen molar-refractivity contribution in [1.29, 1.82) is 0 Å². The van der Waals surface area contributed by atoms with Crippen LogP contribution >= 0.6 is 0 Å². The van der Waals surface area contributed by atoms with Gasteiger partial charge in [-0.15, -0.1) is 0 Å². The zero-order valence-corrected chi connectivity index (χ0v) is 10.6. The van der Waals surface area contributed by atoms with Crippen LogP contribution in [0.25, 0.3) is 0 Å². The molecule has 0 amide bonds. The Hall–Kier alpha value is -0.170. The van der Waals surface area contributed by atoms with Crippen molar-refractivity contribution >= 4 is 10.2 Å². The molecule has 0 aromatic carbocycles. The van der Waals surface area contributed by atoms with E-state index in [4.69, 9.17) is 0 Å². The molecule has 1 aliphatic heterocycles. The van der Waals surface area contributed by atoms with Crippen LogP contribution in [0.2, 0.25) is 0 Å². The van der Waals surface area contributed by atoms with Crippen molar-refractivity contribution in [3.8, 4) is 0 Å². The molecule has 0 bridgehead atoms. The smallest absolute Gasteiger partial charge is 0.280 e. The molecule has 0 spiro atoms. The highest BCUT2D eigenvalue weighted by Gasteiger charge is 2.33. The monoisotopic (exact) mass is 235 g/mol. The first-order chi connectivity index (χ1) is 6.84. The predicted octanol–water partition coefficient (Wildman–Crippen LogP) is -0.0886. The lowest BCUT2D eigenvalue weighted by Crippen LogP contribution is -2.59.